The summed E-state index contributed by atoms with van der Waals surface area (Å²) in [6, 6.07) is 0. The van der Waals surface area contributed by atoms with Crippen LogP contribution in [0.1, 0.15) is 11.3 Å². The first-order chi connectivity index (χ1) is 8.78. The van der Waals surface area contributed by atoms with Crippen LogP contribution in [0.25, 0.3) is 10.8 Å². The quantitative estimate of drug-likeness (QED) is 0.916. The lowest BCUT2D eigenvalue weighted by Gasteiger charge is -2.18. The molecule has 2 aromatic heterocycles. The Balaban J connectivity index is 2.11. The Morgan fingerprint density at radius 2 is 2.33 bits per heavy atom. The number of fused-ring (bicyclic) bond motifs is 1. The van der Waals surface area contributed by atoms with Crippen molar-refractivity contribution in [1.82, 2.24) is 15.0 Å². The van der Waals surface area contributed by atoms with E-state index in [4.69, 9.17) is 16.3 Å². The monoisotopic (exact) mass is 282 g/mol. The lowest BCUT2D eigenvalue weighted by atomic mass is 10.1. The van der Waals surface area contributed by atoms with E-state index in [1.54, 1.807) is 6.20 Å². The van der Waals surface area contributed by atoms with Crippen LogP contribution in [0.5, 0.6) is 0 Å². The molecule has 1 aliphatic heterocycles. The third kappa shape index (κ3) is 2.07. The summed E-state index contributed by atoms with van der Waals surface area (Å²) in [6.45, 7) is 1.26. The molecule has 0 fully saturated rings. The smallest absolute Gasteiger partial charge is 0.190 e. The number of ether oxygens (including phenoxy) is 1. The SMILES string of the molecule is CNc1nc(-c2ncc(Cl)s2)nc2c1COCC2. The number of anilines is 1. The third-order valence-corrected chi connectivity index (χ3v) is 3.84. The van der Waals surface area contributed by atoms with Crippen LogP contribution >= 0.6 is 22.9 Å². The maximum Gasteiger partial charge on any atom is 0.190 e. The molecule has 7 heteroatoms. The number of hydrogen-bond acceptors (Lipinski definition) is 6. The van der Waals surface area contributed by atoms with Gasteiger partial charge in [0.15, 0.2) is 10.8 Å². The number of aromatic nitrogens is 3. The van der Waals surface area contributed by atoms with Crippen molar-refractivity contribution in [3.8, 4) is 10.8 Å². The molecule has 3 rings (SSSR count). The van der Waals surface area contributed by atoms with E-state index in [9.17, 15) is 0 Å². The number of halogens is 1. The van der Waals surface area contributed by atoms with Gasteiger partial charge in [0.1, 0.15) is 10.2 Å². The highest BCUT2D eigenvalue weighted by atomic mass is 35.5. The summed E-state index contributed by atoms with van der Waals surface area (Å²) in [6.07, 6.45) is 2.42. The second kappa shape index (κ2) is 4.79. The molecule has 0 spiro atoms. The van der Waals surface area contributed by atoms with Crippen molar-refractivity contribution in [2.24, 2.45) is 0 Å². The van der Waals surface area contributed by atoms with E-state index >= 15 is 0 Å². The number of hydrogen-bond donors (Lipinski definition) is 1. The third-order valence-electron chi connectivity index (χ3n) is 2.73. The molecule has 0 saturated carbocycles. The molecular formula is C11H11ClN4OS. The largest absolute Gasteiger partial charge is 0.376 e. The maximum atomic E-state index is 5.89. The number of nitrogens with zero attached hydrogens (tertiary/aromatic N) is 3. The molecule has 0 bridgehead atoms. The number of thiazole rings is 1. The normalized spacial score (nSPS) is 14.3. The molecule has 0 radical (unpaired) electrons. The topological polar surface area (TPSA) is 59.9 Å². The first kappa shape index (κ1) is 11.8. The lowest BCUT2D eigenvalue weighted by molar-refractivity contribution is 0.109. The summed E-state index contributed by atoms with van der Waals surface area (Å²) in [5, 5.41) is 3.83. The van der Waals surface area contributed by atoms with Crippen molar-refractivity contribution in [3.63, 3.8) is 0 Å². The Labute approximate surface area is 113 Å². The molecule has 1 aliphatic rings. The zero-order chi connectivity index (χ0) is 12.5. The first-order valence-corrected chi connectivity index (χ1v) is 6.74. The Hall–Kier alpha value is -1.24. The first-order valence-electron chi connectivity index (χ1n) is 5.55. The van der Waals surface area contributed by atoms with Gasteiger partial charge >= 0.3 is 0 Å². The molecule has 3 heterocycles. The Morgan fingerprint density at radius 3 is 3.06 bits per heavy atom. The second-order valence-corrected chi connectivity index (χ2v) is 5.51. The van der Waals surface area contributed by atoms with E-state index in [0.29, 0.717) is 23.4 Å². The van der Waals surface area contributed by atoms with Gasteiger partial charge in [0.2, 0.25) is 0 Å². The zero-order valence-electron chi connectivity index (χ0n) is 9.73. The van der Waals surface area contributed by atoms with Crippen molar-refractivity contribution in [3.05, 3.63) is 21.8 Å². The van der Waals surface area contributed by atoms with Crippen molar-refractivity contribution in [1.29, 1.82) is 0 Å². The molecular weight excluding hydrogens is 272 g/mol. The van der Waals surface area contributed by atoms with Gasteiger partial charge in [-0.1, -0.05) is 22.9 Å². The van der Waals surface area contributed by atoms with Crippen LogP contribution in [0.15, 0.2) is 6.20 Å². The fourth-order valence-electron chi connectivity index (χ4n) is 1.89. The summed E-state index contributed by atoms with van der Waals surface area (Å²) in [4.78, 5) is 13.3. The molecule has 0 unspecified atom stereocenters. The van der Waals surface area contributed by atoms with Crippen LogP contribution in [-0.2, 0) is 17.8 Å². The van der Waals surface area contributed by atoms with Gasteiger partial charge in [0, 0.05) is 19.0 Å². The lowest BCUT2D eigenvalue weighted by Crippen LogP contribution is -2.16. The molecule has 0 amide bonds. The highest BCUT2D eigenvalue weighted by molar-refractivity contribution is 7.18. The summed E-state index contributed by atoms with van der Waals surface area (Å²) in [5.74, 6) is 1.43. The minimum Gasteiger partial charge on any atom is -0.376 e. The van der Waals surface area contributed by atoms with Crippen molar-refractivity contribution >= 4 is 28.8 Å². The summed E-state index contributed by atoms with van der Waals surface area (Å²) < 4.78 is 6.07. The predicted molar refractivity (Wildman–Crippen MR) is 71.1 cm³/mol. The summed E-state index contributed by atoms with van der Waals surface area (Å²) in [5.41, 5.74) is 2.07. The standard InChI is InChI=1S/C11H11ClN4OS/c1-13-9-6-5-17-3-2-7(6)15-10(16-9)11-14-4-8(12)18-11/h4H,2-3,5H2,1H3,(H,13,15,16). The van der Waals surface area contributed by atoms with Crippen LogP contribution < -0.4 is 5.32 Å². The van der Waals surface area contributed by atoms with Gasteiger partial charge in [-0.05, 0) is 0 Å². The fraction of sp³-hybridized carbons (Fsp3) is 0.364. The van der Waals surface area contributed by atoms with Crippen LogP contribution in [0.3, 0.4) is 0 Å². The van der Waals surface area contributed by atoms with Gasteiger partial charge in [-0.3, -0.25) is 0 Å². The molecule has 94 valence electrons. The van der Waals surface area contributed by atoms with E-state index in [2.05, 4.69) is 20.3 Å². The maximum absolute atomic E-state index is 5.89. The van der Waals surface area contributed by atoms with E-state index < -0.39 is 0 Å². The van der Waals surface area contributed by atoms with E-state index in [-0.39, 0.29) is 0 Å². The minimum atomic E-state index is 0.560. The molecule has 1 N–H and O–H groups in total. The van der Waals surface area contributed by atoms with Gasteiger partial charge in [0.25, 0.3) is 0 Å². The predicted octanol–water partition coefficient (Wildman–Crippen LogP) is 2.37. The fourth-order valence-corrected chi connectivity index (χ4v) is 2.74. The summed E-state index contributed by atoms with van der Waals surface area (Å²) >= 11 is 7.27. The van der Waals surface area contributed by atoms with E-state index in [1.165, 1.54) is 11.3 Å². The van der Waals surface area contributed by atoms with E-state index in [0.717, 1.165) is 28.5 Å². The van der Waals surface area contributed by atoms with Crippen LogP contribution in [-0.4, -0.2) is 28.6 Å². The molecule has 0 aliphatic carbocycles. The van der Waals surface area contributed by atoms with Crippen LogP contribution in [0.4, 0.5) is 5.82 Å². The van der Waals surface area contributed by atoms with Gasteiger partial charge in [-0.15, -0.1) is 0 Å². The Morgan fingerprint density at radius 1 is 1.44 bits per heavy atom. The molecule has 0 aromatic carbocycles. The van der Waals surface area contributed by atoms with Gasteiger partial charge in [0.05, 0.1) is 25.1 Å². The molecule has 5 nitrogen and oxygen atoms in total. The summed E-state index contributed by atoms with van der Waals surface area (Å²) in [7, 11) is 1.84. The molecule has 0 saturated heterocycles. The second-order valence-electron chi connectivity index (χ2n) is 3.84. The average Bonchev–Trinajstić information content (AvgIpc) is 2.84. The van der Waals surface area contributed by atoms with Crippen LogP contribution in [0, 0.1) is 0 Å². The number of rotatable bonds is 2. The Kier molecular flexibility index (Phi) is 3.15. The van der Waals surface area contributed by atoms with Gasteiger partial charge in [-0.2, -0.15) is 0 Å². The minimum absolute atomic E-state index is 0.560. The van der Waals surface area contributed by atoms with Gasteiger partial charge in [-0.25, -0.2) is 15.0 Å². The highest BCUT2D eigenvalue weighted by Gasteiger charge is 2.19. The van der Waals surface area contributed by atoms with Gasteiger partial charge < -0.3 is 10.1 Å². The van der Waals surface area contributed by atoms with E-state index in [1.807, 2.05) is 7.05 Å². The number of nitrogens with one attached hydrogen (secondary N) is 1. The van der Waals surface area contributed by atoms with Crippen molar-refractivity contribution < 1.29 is 4.74 Å². The molecule has 2 aromatic rings. The van der Waals surface area contributed by atoms with Crippen molar-refractivity contribution in [2.75, 3.05) is 19.0 Å². The average molecular weight is 283 g/mol. The molecule has 0 atom stereocenters. The Bertz CT molecular complexity index is 569. The zero-order valence-corrected chi connectivity index (χ0v) is 11.3. The van der Waals surface area contributed by atoms with Crippen molar-refractivity contribution in [2.45, 2.75) is 13.0 Å². The highest BCUT2D eigenvalue weighted by Crippen LogP contribution is 2.29. The molecule has 18 heavy (non-hydrogen) atoms. The van der Waals surface area contributed by atoms with Crippen LogP contribution in [0.2, 0.25) is 4.34 Å².